The maximum absolute atomic E-state index is 13.5. The fourth-order valence-corrected chi connectivity index (χ4v) is 7.06. The van der Waals surface area contributed by atoms with Crippen LogP contribution in [0.5, 0.6) is 0 Å². The second kappa shape index (κ2) is 27.9. The lowest BCUT2D eigenvalue weighted by molar-refractivity contribution is -0.154. The van der Waals surface area contributed by atoms with Gasteiger partial charge in [0.25, 0.3) is 0 Å². The number of allylic oxidation sites excluding steroid dienone is 2. The normalized spacial score (nSPS) is 29.3. The number of hydrogen-bond donors (Lipinski definition) is 1. The van der Waals surface area contributed by atoms with E-state index in [1.165, 1.54) is 0 Å². The smallest absolute Gasteiger partial charge is 0.309 e. The molecule has 0 aromatic carbocycles. The Labute approximate surface area is 338 Å². The summed E-state index contributed by atoms with van der Waals surface area (Å²) in [6.45, 7) is 26.1. The van der Waals surface area contributed by atoms with Crippen LogP contribution in [0.15, 0.2) is 36.0 Å². The minimum Gasteiger partial charge on any atom is -0.457 e. The fraction of sp³-hybridized carbons (Fsp3) is 0.841. The van der Waals surface area contributed by atoms with Crippen molar-refractivity contribution in [2.24, 2.45) is 11.8 Å². The molecule has 56 heavy (non-hydrogen) atoms. The molecule has 2 rings (SSSR count). The molecule has 10 atom stereocenters. The SMILES string of the molecule is CCOCCOC1CCC(C)(OCCOCC)C(O)/C=C/C(C)C(/C(C)=C/C=C/C(C)(CC2OC2C(C)C(CC)OCCOCC)OCCOCC)OC(=O)C1. The molecule has 0 aromatic heterocycles. The van der Waals surface area contributed by atoms with Crippen molar-refractivity contribution in [2.75, 3.05) is 79.3 Å². The summed E-state index contributed by atoms with van der Waals surface area (Å²) in [4.78, 5) is 13.5. The zero-order valence-electron chi connectivity index (χ0n) is 36.5. The van der Waals surface area contributed by atoms with E-state index in [1.807, 2.05) is 66.7 Å². The number of aliphatic hydroxyl groups excluding tert-OH is 1. The van der Waals surface area contributed by atoms with Gasteiger partial charge in [-0.2, -0.15) is 0 Å². The van der Waals surface area contributed by atoms with E-state index in [4.69, 9.17) is 47.4 Å². The summed E-state index contributed by atoms with van der Waals surface area (Å²) in [7, 11) is 0. The fourth-order valence-electron chi connectivity index (χ4n) is 7.06. The topological polar surface area (TPSA) is 133 Å². The van der Waals surface area contributed by atoms with Crippen molar-refractivity contribution >= 4 is 5.97 Å². The lowest BCUT2D eigenvalue weighted by Gasteiger charge is -2.35. The van der Waals surface area contributed by atoms with Gasteiger partial charge in [0, 0.05) is 44.7 Å². The molecule has 0 amide bonds. The molecule has 2 aliphatic rings. The zero-order chi connectivity index (χ0) is 41.4. The Morgan fingerprint density at radius 3 is 2.21 bits per heavy atom. The van der Waals surface area contributed by atoms with Gasteiger partial charge in [0.15, 0.2) is 0 Å². The number of cyclic esters (lactones) is 1. The summed E-state index contributed by atoms with van der Waals surface area (Å²) in [6.07, 6.45) is 10.5. The maximum atomic E-state index is 13.5. The first-order chi connectivity index (χ1) is 26.9. The minimum absolute atomic E-state index is 0.0303. The average Bonchev–Trinajstić information content (AvgIpc) is 3.94. The minimum atomic E-state index is -0.913. The first-order valence-corrected chi connectivity index (χ1v) is 21.3. The van der Waals surface area contributed by atoms with Crippen LogP contribution in [0.3, 0.4) is 0 Å². The Hall–Kier alpha value is -1.71. The molecule has 0 spiro atoms. The Balaban J connectivity index is 2.29. The van der Waals surface area contributed by atoms with Crippen LogP contribution in [0.25, 0.3) is 0 Å². The molecular formula is C44H78O12. The molecule has 2 heterocycles. The highest BCUT2D eigenvalue weighted by molar-refractivity contribution is 5.70. The van der Waals surface area contributed by atoms with Gasteiger partial charge in [-0.15, -0.1) is 0 Å². The number of rotatable bonds is 28. The predicted octanol–water partition coefficient (Wildman–Crippen LogP) is 6.81. The summed E-state index contributed by atoms with van der Waals surface area (Å²) in [5.74, 6) is -0.375. The average molecular weight is 799 g/mol. The second-order valence-electron chi connectivity index (χ2n) is 15.2. The molecule has 12 heteroatoms. The van der Waals surface area contributed by atoms with Gasteiger partial charge < -0.3 is 52.5 Å². The Morgan fingerprint density at radius 1 is 0.946 bits per heavy atom. The molecule has 0 radical (unpaired) electrons. The van der Waals surface area contributed by atoms with Crippen molar-refractivity contribution in [3.63, 3.8) is 0 Å². The molecule has 1 saturated heterocycles. The van der Waals surface area contributed by atoms with Crippen molar-refractivity contribution in [1.29, 1.82) is 0 Å². The van der Waals surface area contributed by atoms with Crippen LogP contribution in [0.1, 0.15) is 101 Å². The van der Waals surface area contributed by atoms with Gasteiger partial charge in [0.05, 0.1) is 94.9 Å². The summed E-state index contributed by atoms with van der Waals surface area (Å²) < 4.78 is 59.4. The standard InChI is InChI=1S/C44H78O12/c1-11-37(52-28-24-48-13-3)35(8)42-38(55-42)32-43(9,53-29-25-49-14-4)21-16-17-33(6)41-34(7)18-19-39(45)44(10,54-30-26-50-15-5)22-20-36(31-40(46)56-41)51-27-23-47-12-2/h16-19,21,34-39,41-42,45H,11-15,20,22-32H2,1-10H3/b19-18+,21-16+,33-17+. The number of carbonyl (C=O) groups excluding carboxylic acids is 1. The first-order valence-electron chi connectivity index (χ1n) is 21.3. The van der Waals surface area contributed by atoms with E-state index in [0.29, 0.717) is 98.5 Å². The van der Waals surface area contributed by atoms with Crippen LogP contribution in [-0.2, 0) is 52.2 Å². The van der Waals surface area contributed by atoms with E-state index in [9.17, 15) is 9.90 Å². The van der Waals surface area contributed by atoms with Crippen molar-refractivity contribution in [1.82, 2.24) is 0 Å². The molecule has 0 bridgehead atoms. The van der Waals surface area contributed by atoms with Crippen molar-refractivity contribution in [3.05, 3.63) is 36.0 Å². The Kier molecular flexibility index (Phi) is 25.1. The molecule has 2 aliphatic heterocycles. The van der Waals surface area contributed by atoms with Gasteiger partial charge in [-0.05, 0) is 73.3 Å². The van der Waals surface area contributed by atoms with Crippen molar-refractivity contribution in [3.8, 4) is 0 Å². The molecule has 10 unspecified atom stereocenters. The first kappa shape index (κ1) is 50.4. The molecular weight excluding hydrogens is 720 g/mol. The summed E-state index contributed by atoms with van der Waals surface area (Å²) >= 11 is 0. The lowest BCUT2D eigenvalue weighted by Crippen LogP contribution is -2.43. The largest absolute Gasteiger partial charge is 0.457 e. The molecule has 0 aromatic rings. The third-order valence-corrected chi connectivity index (χ3v) is 10.6. The third-order valence-electron chi connectivity index (χ3n) is 10.6. The molecule has 1 N–H and O–H groups in total. The number of aliphatic hydroxyl groups is 1. The van der Waals surface area contributed by atoms with E-state index in [-0.39, 0.29) is 42.5 Å². The van der Waals surface area contributed by atoms with Gasteiger partial charge in [-0.1, -0.05) is 51.2 Å². The van der Waals surface area contributed by atoms with Crippen LogP contribution < -0.4 is 0 Å². The Bertz CT molecular complexity index is 1150. The number of carbonyl (C=O) groups is 1. The van der Waals surface area contributed by atoms with E-state index < -0.39 is 29.5 Å². The van der Waals surface area contributed by atoms with Gasteiger partial charge in [-0.25, -0.2) is 0 Å². The van der Waals surface area contributed by atoms with E-state index in [1.54, 1.807) is 6.08 Å². The number of epoxide rings is 1. The second-order valence-corrected chi connectivity index (χ2v) is 15.2. The van der Waals surface area contributed by atoms with E-state index >= 15 is 0 Å². The monoisotopic (exact) mass is 799 g/mol. The lowest BCUT2D eigenvalue weighted by atomic mass is 9.88. The summed E-state index contributed by atoms with van der Waals surface area (Å²) in [5.41, 5.74) is -0.699. The Morgan fingerprint density at radius 2 is 1.57 bits per heavy atom. The highest BCUT2D eigenvalue weighted by Crippen LogP contribution is 2.39. The van der Waals surface area contributed by atoms with Crippen LogP contribution >= 0.6 is 0 Å². The summed E-state index contributed by atoms with van der Waals surface area (Å²) in [6, 6.07) is 0. The third kappa shape index (κ3) is 18.9. The highest BCUT2D eigenvalue weighted by atomic mass is 16.6. The van der Waals surface area contributed by atoms with Gasteiger partial charge in [0.1, 0.15) is 12.2 Å². The van der Waals surface area contributed by atoms with Gasteiger partial charge in [-0.3, -0.25) is 4.79 Å². The quantitative estimate of drug-likeness (QED) is 0.0293. The molecule has 326 valence electrons. The molecule has 0 saturated carbocycles. The number of ether oxygens (including phenoxy) is 10. The van der Waals surface area contributed by atoms with E-state index in [0.717, 1.165) is 12.0 Å². The number of hydrogen-bond acceptors (Lipinski definition) is 12. The molecule has 1 fully saturated rings. The van der Waals surface area contributed by atoms with E-state index in [2.05, 4.69) is 26.8 Å². The molecule has 0 aliphatic carbocycles. The van der Waals surface area contributed by atoms with Crippen LogP contribution in [-0.4, -0.2) is 138 Å². The molecule has 12 nitrogen and oxygen atoms in total. The van der Waals surface area contributed by atoms with Gasteiger partial charge >= 0.3 is 5.97 Å². The zero-order valence-corrected chi connectivity index (χ0v) is 36.5. The van der Waals surface area contributed by atoms with Gasteiger partial charge in [0.2, 0.25) is 0 Å². The number of esters is 1. The summed E-state index contributed by atoms with van der Waals surface area (Å²) in [5, 5.41) is 11.5. The van der Waals surface area contributed by atoms with Crippen LogP contribution in [0.2, 0.25) is 0 Å². The van der Waals surface area contributed by atoms with Crippen LogP contribution in [0, 0.1) is 11.8 Å². The van der Waals surface area contributed by atoms with Crippen LogP contribution in [0.4, 0.5) is 0 Å². The predicted molar refractivity (Wildman–Crippen MR) is 218 cm³/mol. The van der Waals surface area contributed by atoms with Crippen molar-refractivity contribution in [2.45, 2.75) is 149 Å². The maximum Gasteiger partial charge on any atom is 0.309 e. The van der Waals surface area contributed by atoms with Crippen molar-refractivity contribution < 1.29 is 57.3 Å². The highest BCUT2D eigenvalue weighted by Gasteiger charge is 2.48.